The molecule has 0 saturated carbocycles. The Morgan fingerprint density at radius 2 is 2.03 bits per heavy atom. The number of fused-ring (bicyclic) bond motifs is 2. The standard InChI is InChI=1S/C22H22FN7O5/c1-11(22(34)29(2)3)26-21(33)16-7-15(28-19-13(23)9-25-30(16)19)20(32)24-8-12-4-5-17-14(6-12)27-18(31)10-35-17/h4-7,9,11H,8,10H2,1-3H3,(H,24,32)(H,26,33)(H,27,31)/t11-/m0/s1. The van der Waals surface area contributed by atoms with Gasteiger partial charge >= 0.3 is 0 Å². The van der Waals surface area contributed by atoms with Crippen molar-refractivity contribution in [2.75, 3.05) is 26.0 Å². The molecular formula is C22H22FN7O5. The molecule has 182 valence electrons. The minimum Gasteiger partial charge on any atom is -0.482 e. The molecule has 1 aliphatic heterocycles. The zero-order valence-corrected chi connectivity index (χ0v) is 19.1. The SMILES string of the molecule is C[C@H](NC(=O)c1cc(C(=O)NCc2ccc3c(c2)NC(=O)CO3)nc2c(F)cnn12)C(=O)N(C)C. The van der Waals surface area contributed by atoms with Gasteiger partial charge in [0.25, 0.3) is 17.7 Å². The molecule has 3 heterocycles. The minimum absolute atomic E-state index is 0.0620. The molecular weight excluding hydrogens is 461 g/mol. The Bertz CT molecular complexity index is 1350. The number of likely N-dealkylation sites (N-methyl/N-ethyl adjacent to an activating group) is 1. The Kier molecular flexibility index (Phi) is 6.32. The molecule has 0 bridgehead atoms. The van der Waals surface area contributed by atoms with Gasteiger partial charge in [0, 0.05) is 26.7 Å². The quantitative estimate of drug-likeness (QED) is 0.458. The topological polar surface area (TPSA) is 147 Å². The van der Waals surface area contributed by atoms with Gasteiger partial charge in [-0.15, -0.1) is 0 Å². The van der Waals surface area contributed by atoms with Crippen molar-refractivity contribution in [3.05, 3.63) is 53.2 Å². The van der Waals surface area contributed by atoms with E-state index in [2.05, 4.69) is 26.0 Å². The lowest BCUT2D eigenvalue weighted by atomic mass is 10.1. The van der Waals surface area contributed by atoms with Crippen LogP contribution in [0, 0.1) is 5.82 Å². The van der Waals surface area contributed by atoms with Gasteiger partial charge in [-0.2, -0.15) is 5.10 Å². The van der Waals surface area contributed by atoms with Crippen LogP contribution in [-0.4, -0.2) is 69.9 Å². The van der Waals surface area contributed by atoms with Crippen molar-refractivity contribution >= 4 is 35.0 Å². The van der Waals surface area contributed by atoms with E-state index >= 15 is 0 Å². The van der Waals surface area contributed by atoms with Crippen LogP contribution in [0.5, 0.6) is 5.75 Å². The summed E-state index contributed by atoms with van der Waals surface area (Å²) in [6.45, 7) is 1.49. The van der Waals surface area contributed by atoms with Crippen molar-refractivity contribution in [3.63, 3.8) is 0 Å². The van der Waals surface area contributed by atoms with E-state index in [0.29, 0.717) is 17.0 Å². The first kappa shape index (κ1) is 23.6. The van der Waals surface area contributed by atoms with E-state index in [1.54, 1.807) is 32.3 Å². The van der Waals surface area contributed by atoms with E-state index in [-0.39, 0.29) is 42.0 Å². The number of benzene rings is 1. The number of carbonyl (C=O) groups excluding carboxylic acids is 4. The average Bonchev–Trinajstić information content (AvgIpc) is 3.21. The maximum absolute atomic E-state index is 14.3. The first-order valence-corrected chi connectivity index (χ1v) is 10.5. The highest BCUT2D eigenvalue weighted by Gasteiger charge is 2.24. The average molecular weight is 483 g/mol. The van der Waals surface area contributed by atoms with Gasteiger partial charge < -0.3 is 25.6 Å². The molecule has 1 aromatic carbocycles. The van der Waals surface area contributed by atoms with Crippen molar-refractivity contribution in [2.24, 2.45) is 0 Å². The Balaban J connectivity index is 1.55. The Labute approximate surface area is 198 Å². The predicted molar refractivity (Wildman–Crippen MR) is 120 cm³/mol. The largest absolute Gasteiger partial charge is 0.482 e. The van der Waals surface area contributed by atoms with Gasteiger partial charge in [-0.1, -0.05) is 6.07 Å². The maximum Gasteiger partial charge on any atom is 0.270 e. The van der Waals surface area contributed by atoms with E-state index in [1.165, 1.54) is 11.8 Å². The molecule has 0 unspecified atom stereocenters. The van der Waals surface area contributed by atoms with Crippen molar-refractivity contribution in [1.82, 2.24) is 30.1 Å². The number of halogens is 1. The van der Waals surface area contributed by atoms with Crippen molar-refractivity contribution in [3.8, 4) is 5.75 Å². The number of hydrogen-bond donors (Lipinski definition) is 3. The molecule has 4 amide bonds. The van der Waals surface area contributed by atoms with Crippen LogP contribution < -0.4 is 20.7 Å². The molecule has 0 spiro atoms. The highest BCUT2D eigenvalue weighted by molar-refractivity contribution is 6.00. The number of nitrogens with one attached hydrogen (secondary N) is 3. The van der Waals surface area contributed by atoms with Crippen LogP contribution in [0.1, 0.15) is 33.5 Å². The van der Waals surface area contributed by atoms with Crippen LogP contribution >= 0.6 is 0 Å². The number of aromatic nitrogens is 3. The molecule has 4 rings (SSSR count). The summed E-state index contributed by atoms with van der Waals surface area (Å²) in [4.78, 5) is 54.6. The lowest BCUT2D eigenvalue weighted by Gasteiger charge is -2.19. The third-order valence-electron chi connectivity index (χ3n) is 5.18. The minimum atomic E-state index is -0.869. The molecule has 1 atom stereocenters. The predicted octanol–water partition coefficient (Wildman–Crippen LogP) is 0.336. The zero-order valence-electron chi connectivity index (χ0n) is 19.1. The van der Waals surface area contributed by atoms with E-state index in [1.807, 2.05) is 0 Å². The second-order valence-electron chi connectivity index (χ2n) is 8.03. The smallest absolute Gasteiger partial charge is 0.270 e. The van der Waals surface area contributed by atoms with Gasteiger partial charge in [0.2, 0.25) is 5.91 Å². The fourth-order valence-electron chi connectivity index (χ4n) is 3.45. The van der Waals surface area contributed by atoms with Gasteiger partial charge in [0.15, 0.2) is 18.1 Å². The summed E-state index contributed by atoms with van der Waals surface area (Å²) in [5, 5.41) is 11.7. The second-order valence-corrected chi connectivity index (χ2v) is 8.03. The Hall–Kier alpha value is -4.55. The number of amides is 4. The number of anilines is 1. The van der Waals surface area contributed by atoms with Crippen LogP contribution in [0.2, 0.25) is 0 Å². The lowest BCUT2D eigenvalue weighted by molar-refractivity contribution is -0.130. The number of nitrogens with zero attached hydrogens (tertiary/aromatic N) is 4. The van der Waals surface area contributed by atoms with Gasteiger partial charge in [0.05, 0.1) is 11.9 Å². The molecule has 2 aromatic heterocycles. The molecule has 13 heteroatoms. The van der Waals surface area contributed by atoms with E-state index in [0.717, 1.165) is 16.8 Å². The van der Waals surface area contributed by atoms with Crippen molar-refractivity contribution < 1.29 is 28.3 Å². The normalized spacial score (nSPS) is 13.3. The third kappa shape index (κ3) is 4.88. The first-order valence-electron chi connectivity index (χ1n) is 10.5. The maximum atomic E-state index is 14.3. The van der Waals surface area contributed by atoms with Crippen LogP contribution in [0.3, 0.4) is 0 Å². The molecule has 3 N–H and O–H groups in total. The van der Waals surface area contributed by atoms with Crippen LogP contribution in [-0.2, 0) is 16.1 Å². The molecule has 0 fully saturated rings. The number of hydrogen-bond acceptors (Lipinski definition) is 7. The van der Waals surface area contributed by atoms with Crippen LogP contribution in [0.4, 0.5) is 10.1 Å². The molecule has 0 aliphatic carbocycles. The zero-order chi connectivity index (χ0) is 25.3. The molecule has 12 nitrogen and oxygen atoms in total. The lowest BCUT2D eigenvalue weighted by Crippen LogP contribution is -2.44. The van der Waals surface area contributed by atoms with Crippen molar-refractivity contribution in [1.29, 1.82) is 0 Å². The summed E-state index contributed by atoms with van der Waals surface area (Å²) in [7, 11) is 3.09. The van der Waals surface area contributed by atoms with E-state index in [9.17, 15) is 23.6 Å². The molecule has 0 saturated heterocycles. The molecule has 3 aromatic rings. The fraction of sp³-hybridized carbons (Fsp3) is 0.273. The van der Waals surface area contributed by atoms with Gasteiger partial charge in [-0.05, 0) is 24.6 Å². The molecule has 0 radical (unpaired) electrons. The van der Waals surface area contributed by atoms with E-state index < -0.39 is 23.7 Å². The third-order valence-corrected chi connectivity index (χ3v) is 5.18. The van der Waals surface area contributed by atoms with Crippen molar-refractivity contribution in [2.45, 2.75) is 19.5 Å². The van der Waals surface area contributed by atoms with Gasteiger partial charge in [0.1, 0.15) is 23.2 Å². The summed E-state index contributed by atoms with van der Waals surface area (Å²) >= 11 is 0. The summed E-state index contributed by atoms with van der Waals surface area (Å²) in [6, 6.07) is 5.33. The number of ether oxygens (including phenoxy) is 1. The highest BCUT2D eigenvalue weighted by atomic mass is 19.1. The molecule has 1 aliphatic rings. The second kappa shape index (κ2) is 9.37. The fourth-order valence-corrected chi connectivity index (χ4v) is 3.45. The summed E-state index contributed by atoms with van der Waals surface area (Å²) < 4.78 is 20.5. The number of rotatable bonds is 6. The van der Waals surface area contributed by atoms with Crippen LogP contribution in [0.15, 0.2) is 30.5 Å². The monoisotopic (exact) mass is 483 g/mol. The van der Waals surface area contributed by atoms with Crippen LogP contribution in [0.25, 0.3) is 5.65 Å². The molecule has 35 heavy (non-hydrogen) atoms. The Morgan fingerprint density at radius 3 is 2.77 bits per heavy atom. The van der Waals surface area contributed by atoms with Gasteiger partial charge in [-0.3, -0.25) is 19.2 Å². The summed E-state index contributed by atoms with van der Waals surface area (Å²) in [5.74, 6) is -2.34. The van der Waals surface area contributed by atoms with E-state index in [4.69, 9.17) is 4.74 Å². The Morgan fingerprint density at radius 1 is 1.26 bits per heavy atom. The van der Waals surface area contributed by atoms with Gasteiger partial charge in [-0.25, -0.2) is 13.9 Å². The summed E-state index contributed by atoms with van der Waals surface area (Å²) in [6.07, 6.45) is 0.874. The first-order chi connectivity index (χ1) is 16.6. The highest BCUT2D eigenvalue weighted by Crippen LogP contribution is 2.28. The summed E-state index contributed by atoms with van der Waals surface area (Å²) in [5.41, 5.74) is 0.435. The number of carbonyl (C=O) groups is 4.